The highest BCUT2D eigenvalue weighted by molar-refractivity contribution is 6.10. The van der Waals surface area contributed by atoms with Crippen LogP contribution < -0.4 is 10.2 Å². The van der Waals surface area contributed by atoms with Crippen LogP contribution in [0.15, 0.2) is 30.6 Å². The van der Waals surface area contributed by atoms with Crippen LogP contribution in [0.5, 0.6) is 0 Å². The summed E-state index contributed by atoms with van der Waals surface area (Å²) < 4.78 is 1.59. The zero-order valence-electron chi connectivity index (χ0n) is 19.7. The molecule has 0 unspecified atom stereocenters. The average molecular weight is 451 g/mol. The van der Waals surface area contributed by atoms with E-state index in [1.54, 1.807) is 29.5 Å². The number of aliphatic hydroxyl groups is 1. The maximum absolute atomic E-state index is 13.2. The lowest BCUT2D eigenvalue weighted by Crippen LogP contribution is -2.31. The van der Waals surface area contributed by atoms with Crippen LogP contribution in [0.1, 0.15) is 59.2 Å². The molecule has 0 bridgehead atoms. The SMILES string of the molecule is CCc1ccn2ncc(C(=O)Nc3cc4c(cc3N(C)C)C(=O)N(CCC(C)(C)O)C4)c2n1. The molecule has 1 aromatic carbocycles. The smallest absolute Gasteiger partial charge is 0.261 e. The Hall–Kier alpha value is -3.46. The van der Waals surface area contributed by atoms with Gasteiger partial charge in [-0.3, -0.25) is 9.59 Å². The van der Waals surface area contributed by atoms with Gasteiger partial charge < -0.3 is 20.2 Å². The van der Waals surface area contributed by atoms with E-state index in [2.05, 4.69) is 15.4 Å². The second kappa shape index (κ2) is 8.47. The number of amides is 2. The van der Waals surface area contributed by atoms with Crippen LogP contribution in [0.25, 0.3) is 5.65 Å². The minimum Gasteiger partial charge on any atom is -0.390 e. The molecule has 1 aliphatic heterocycles. The fourth-order valence-electron chi connectivity index (χ4n) is 3.92. The summed E-state index contributed by atoms with van der Waals surface area (Å²) in [6.45, 7) is 6.38. The highest BCUT2D eigenvalue weighted by Crippen LogP contribution is 2.34. The van der Waals surface area contributed by atoms with Crippen LogP contribution in [-0.2, 0) is 13.0 Å². The largest absolute Gasteiger partial charge is 0.390 e. The van der Waals surface area contributed by atoms with Crippen molar-refractivity contribution in [3.8, 4) is 0 Å². The Morgan fingerprint density at radius 2 is 2.06 bits per heavy atom. The third-order valence-corrected chi connectivity index (χ3v) is 5.86. The van der Waals surface area contributed by atoms with Gasteiger partial charge in [0.2, 0.25) is 0 Å². The maximum Gasteiger partial charge on any atom is 0.261 e. The van der Waals surface area contributed by atoms with Crippen molar-refractivity contribution in [2.24, 2.45) is 0 Å². The Bertz CT molecular complexity index is 1220. The predicted octanol–water partition coefficient (Wildman–Crippen LogP) is 2.73. The van der Waals surface area contributed by atoms with E-state index in [1.807, 2.05) is 44.1 Å². The fourth-order valence-corrected chi connectivity index (χ4v) is 3.92. The van der Waals surface area contributed by atoms with Crippen molar-refractivity contribution in [3.63, 3.8) is 0 Å². The van der Waals surface area contributed by atoms with Crippen molar-refractivity contribution in [2.75, 3.05) is 30.9 Å². The number of aromatic nitrogens is 3. The van der Waals surface area contributed by atoms with E-state index in [4.69, 9.17) is 0 Å². The van der Waals surface area contributed by atoms with Crippen LogP contribution in [-0.4, -0.2) is 62.7 Å². The lowest BCUT2D eigenvalue weighted by atomic mass is 10.1. The molecule has 3 aromatic rings. The summed E-state index contributed by atoms with van der Waals surface area (Å²) in [5.74, 6) is -0.369. The molecule has 174 valence electrons. The quantitative estimate of drug-likeness (QED) is 0.574. The van der Waals surface area contributed by atoms with Crippen LogP contribution >= 0.6 is 0 Å². The molecule has 1 aliphatic rings. The summed E-state index contributed by atoms with van der Waals surface area (Å²) in [6, 6.07) is 5.56. The van der Waals surface area contributed by atoms with Gasteiger partial charge in [-0.2, -0.15) is 5.10 Å². The van der Waals surface area contributed by atoms with Gasteiger partial charge in [-0.25, -0.2) is 9.50 Å². The predicted molar refractivity (Wildman–Crippen MR) is 127 cm³/mol. The molecule has 0 aliphatic carbocycles. The molecule has 0 spiro atoms. The molecule has 0 saturated carbocycles. The molecular weight excluding hydrogens is 420 g/mol. The topological polar surface area (TPSA) is 103 Å². The van der Waals surface area contributed by atoms with Gasteiger partial charge in [-0.1, -0.05) is 6.92 Å². The first kappa shape index (κ1) is 22.7. The van der Waals surface area contributed by atoms with Crippen LogP contribution in [0.3, 0.4) is 0 Å². The summed E-state index contributed by atoms with van der Waals surface area (Å²) in [7, 11) is 3.74. The fraction of sp³-hybridized carbons (Fsp3) is 0.417. The van der Waals surface area contributed by atoms with E-state index in [1.165, 1.54) is 6.20 Å². The number of nitrogens with one attached hydrogen (secondary N) is 1. The zero-order chi connectivity index (χ0) is 23.9. The van der Waals surface area contributed by atoms with E-state index >= 15 is 0 Å². The molecule has 4 rings (SSSR count). The number of hydrogen-bond acceptors (Lipinski definition) is 6. The number of carbonyl (C=O) groups is 2. The number of aryl methyl sites for hydroxylation is 1. The van der Waals surface area contributed by atoms with Gasteiger partial charge in [0, 0.05) is 44.6 Å². The van der Waals surface area contributed by atoms with Crippen molar-refractivity contribution < 1.29 is 14.7 Å². The molecule has 33 heavy (non-hydrogen) atoms. The Morgan fingerprint density at radius 3 is 2.73 bits per heavy atom. The van der Waals surface area contributed by atoms with Gasteiger partial charge in [0.05, 0.1) is 23.2 Å². The Kier molecular flexibility index (Phi) is 5.84. The average Bonchev–Trinajstić information content (AvgIpc) is 3.31. The molecule has 9 nitrogen and oxygen atoms in total. The standard InChI is InChI=1S/C24H30N6O3/c1-6-16-7-9-30-21(26-16)18(13-25-30)22(31)27-19-11-15-14-29(10-8-24(2,3)33)23(32)17(15)12-20(19)28(4)5/h7,9,11-13,33H,6,8,10,14H2,1-5H3,(H,27,31). The number of carbonyl (C=O) groups excluding carboxylic acids is 2. The van der Waals surface area contributed by atoms with E-state index in [0.717, 1.165) is 23.4 Å². The molecule has 0 saturated heterocycles. The van der Waals surface area contributed by atoms with E-state index in [0.29, 0.717) is 42.0 Å². The first-order chi connectivity index (χ1) is 15.6. The van der Waals surface area contributed by atoms with Crippen molar-refractivity contribution in [3.05, 3.63) is 53.0 Å². The number of nitrogens with zero attached hydrogens (tertiary/aromatic N) is 5. The van der Waals surface area contributed by atoms with E-state index in [9.17, 15) is 14.7 Å². The zero-order valence-corrected chi connectivity index (χ0v) is 19.7. The van der Waals surface area contributed by atoms with E-state index < -0.39 is 5.60 Å². The van der Waals surface area contributed by atoms with Gasteiger partial charge in [0.15, 0.2) is 5.65 Å². The van der Waals surface area contributed by atoms with Gasteiger partial charge in [-0.05, 0) is 50.5 Å². The van der Waals surface area contributed by atoms with Crippen molar-refractivity contribution in [1.82, 2.24) is 19.5 Å². The number of hydrogen-bond donors (Lipinski definition) is 2. The summed E-state index contributed by atoms with van der Waals surface area (Å²) in [5.41, 5.74) is 3.76. The molecule has 2 aromatic heterocycles. The number of anilines is 2. The minimum atomic E-state index is -0.844. The molecule has 2 amide bonds. The van der Waals surface area contributed by atoms with Crippen LogP contribution in [0.2, 0.25) is 0 Å². The minimum absolute atomic E-state index is 0.0610. The molecule has 0 fully saturated rings. The van der Waals surface area contributed by atoms with Gasteiger partial charge in [0.1, 0.15) is 5.56 Å². The lowest BCUT2D eigenvalue weighted by Gasteiger charge is -2.22. The maximum atomic E-state index is 13.2. The molecule has 0 atom stereocenters. The number of rotatable bonds is 7. The monoisotopic (exact) mass is 450 g/mol. The molecule has 0 radical (unpaired) electrons. The van der Waals surface area contributed by atoms with Crippen LogP contribution in [0, 0.1) is 0 Å². The van der Waals surface area contributed by atoms with Crippen molar-refractivity contribution in [2.45, 2.75) is 45.8 Å². The summed E-state index contributed by atoms with van der Waals surface area (Å²) >= 11 is 0. The van der Waals surface area contributed by atoms with Gasteiger partial charge in [-0.15, -0.1) is 0 Å². The van der Waals surface area contributed by atoms with E-state index in [-0.39, 0.29) is 11.8 Å². The first-order valence-electron chi connectivity index (χ1n) is 11.1. The van der Waals surface area contributed by atoms with Crippen molar-refractivity contribution in [1.29, 1.82) is 0 Å². The first-order valence-corrected chi connectivity index (χ1v) is 11.1. The molecule has 2 N–H and O–H groups in total. The second-order valence-corrected chi connectivity index (χ2v) is 9.26. The summed E-state index contributed by atoms with van der Waals surface area (Å²) in [5, 5.41) is 17.3. The Balaban J connectivity index is 1.63. The molecular formula is C24H30N6O3. The summed E-state index contributed by atoms with van der Waals surface area (Å²) in [6.07, 6.45) is 4.56. The normalized spacial score (nSPS) is 13.5. The lowest BCUT2D eigenvalue weighted by molar-refractivity contribution is 0.0517. The number of fused-ring (bicyclic) bond motifs is 2. The Morgan fingerprint density at radius 1 is 1.30 bits per heavy atom. The van der Waals surface area contributed by atoms with Gasteiger partial charge in [0.25, 0.3) is 11.8 Å². The third-order valence-electron chi connectivity index (χ3n) is 5.86. The highest BCUT2D eigenvalue weighted by atomic mass is 16.3. The molecule has 9 heteroatoms. The van der Waals surface area contributed by atoms with Gasteiger partial charge >= 0.3 is 0 Å². The number of benzene rings is 1. The molecule has 3 heterocycles. The third kappa shape index (κ3) is 4.54. The van der Waals surface area contributed by atoms with Crippen molar-refractivity contribution >= 4 is 28.8 Å². The summed E-state index contributed by atoms with van der Waals surface area (Å²) in [4.78, 5) is 34.3. The van der Waals surface area contributed by atoms with Crippen LogP contribution in [0.4, 0.5) is 11.4 Å². The second-order valence-electron chi connectivity index (χ2n) is 9.26. The Labute approximate surface area is 193 Å². The highest BCUT2D eigenvalue weighted by Gasteiger charge is 2.30.